The molecule has 1 aliphatic heterocycles. The molecule has 10 heteroatoms. The fraction of sp³-hybridized carbons (Fsp3) is 0.346. The molecule has 0 fully saturated rings. The summed E-state index contributed by atoms with van der Waals surface area (Å²) in [5.74, 6) is -1.14. The number of anilines is 1. The summed E-state index contributed by atoms with van der Waals surface area (Å²) in [5, 5.41) is 13.0. The molecule has 36 heavy (non-hydrogen) atoms. The van der Waals surface area contributed by atoms with Crippen LogP contribution in [0.1, 0.15) is 52.6 Å². The van der Waals surface area contributed by atoms with Crippen LogP contribution in [0.2, 0.25) is 5.02 Å². The number of urea groups is 1. The van der Waals surface area contributed by atoms with Gasteiger partial charge >= 0.3 is 6.03 Å². The molecule has 0 saturated heterocycles. The van der Waals surface area contributed by atoms with Crippen molar-refractivity contribution in [3.63, 3.8) is 0 Å². The van der Waals surface area contributed by atoms with E-state index in [1.54, 1.807) is 11.8 Å². The predicted octanol–water partition coefficient (Wildman–Crippen LogP) is 4.83. The lowest BCUT2D eigenvalue weighted by Crippen LogP contribution is -2.48. The van der Waals surface area contributed by atoms with Gasteiger partial charge < -0.3 is 20.4 Å². The second-order valence-corrected chi connectivity index (χ2v) is 10.2. The molecule has 1 atom stereocenters. The zero-order valence-corrected chi connectivity index (χ0v) is 21.7. The number of aromatic nitrogens is 2. The van der Waals surface area contributed by atoms with Gasteiger partial charge in [-0.2, -0.15) is 5.10 Å². The molecule has 0 bridgehead atoms. The monoisotopic (exact) mass is 512 g/mol. The van der Waals surface area contributed by atoms with E-state index < -0.39 is 17.3 Å². The Balaban J connectivity index is 1.56. The Morgan fingerprint density at radius 1 is 1.22 bits per heavy atom. The van der Waals surface area contributed by atoms with Crippen molar-refractivity contribution in [3.8, 4) is 0 Å². The van der Waals surface area contributed by atoms with Crippen molar-refractivity contribution in [2.45, 2.75) is 38.9 Å². The number of likely N-dealkylation sites (N-methyl/N-ethyl adjacent to an activating group) is 1. The highest BCUT2D eigenvalue weighted by atomic mass is 35.5. The number of carbonyl (C=O) groups is 2. The van der Waals surface area contributed by atoms with E-state index in [2.05, 4.69) is 20.8 Å². The Morgan fingerprint density at radius 2 is 1.92 bits per heavy atom. The van der Waals surface area contributed by atoms with Gasteiger partial charge in [-0.15, -0.1) is 0 Å². The van der Waals surface area contributed by atoms with E-state index in [0.717, 1.165) is 5.56 Å². The lowest BCUT2D eigenvalue weighted by molar-refractivity contribution is 0.102. The zero-order chi connectivity index (χ0) is 26.2. The van der Waals surface area contributed by atoms with E-state index >= 15 is 0 Å². The molecule has 0 saturated carbocycles. The first-order valence-corrected chi connectivity index (χ1v) is 12.0. The third-order valence-corrected chi connectivity index (χ3v) is 6.82. The molecule has 8 nitrogen and oxygen atoms in total. The summed E-state index contributed by atoms with van der Waals surface area (Å²) in [6.07, 6.45) is 0. The normalized spacial score (nSPS) is 15.1. The van der Waals surface area contributed by atoms with E-state index in [1.807, 2.05) is 63.2 Å². The minimum atomic E-state index is -0.721. The van der Waals surface area contributed by atoms with Crippen molar-refractivity contribution in [2.75, 3.05) is 26.0 Å². The van der Waals surface area contributed by atoms with E-state index in [1.165, 1.54) is 12.1 Å². The van der Waals surface area contributed by atoms with Crippen LogP contribution in [0.5, 0.6) is 0 Å². The van der Waals surface area contributed by atoms with Gasteiger partial charge in [-0.3, -0.25) is 9.89 Å². The maximum atomic E-state index is 14.6. The van der Waals surface area contributed by atoms with Crippen LogP contribution in [-0.4, -0.2) is 52.6 Å². The summed E-state index contributed by atoms with van der Waals surface area (Å²) in [5.41, 5.74) is 1.72. The minimum Gasteiger partial charge on any atom is -0.330 e. The summed E-state index contributed by atoms with van der Waals surface area (Å²) >= 11 is 6.11. The van der Waals surface area contributed by atoms with Crippen LogP contribution in [-0.2, 0) is 12.1 Å². The second kappa shape index (κ2) is 9.91. The molecule has 3 N–H and O–H groups in total. The summed E-state index contributed by atoms with van der Waals surface area (Å²) in [7, 11) is 3.91. The van der Waals surface area contributed by atoms with Crippen molar-refractivity contribution in [1.82, 2.24) is 25.3 Å². The van der Waals surface area contributed by atoms with Gasteiger partial charge in [0.25, 0.3) is 5.91 Å². The Labute approximate surface area is 214 Å². The van der Waals surface area contributed by atoms with Gasteiger partial charge in [0.2, 0.25) is 0 Å². The molecular weight excluding hydrogens is 483 g/mol. The number of benzene rings is 2. The first-order valence-electron chi connectivity index (χ1n) is 11.6. The van der Waals surface area contributed by atoms with Gasteiger partial charge in [-0.1, -0.05) is 48.0 Å². The van der Waals surface area contributed by atoms with Gasteiger partial charge in [0.1, 0.15) is 5.82 Å². The standard InChI is InChI=1S/C26H30ClFN6O2/c1-15-11-12-18(27)20(21(15)28)24(35)30-23-17-13-34(26(2,3)22(17)31-32-23)25(36)29-19(14-33(4)5)16-9-7-6-8-10-16/h6-12,19H,13-14H2,1-5H3,(H,29,36)(H2,30,31,32,35). The summed E-state index contributed by atoms with van der Waals surface area (Å²) in [4.78, 5) is 30.1. The van der Waals surface area contributed by atoms with Crippen LogP contribution in [0.25, 0.3) is 0 Å². The third kappa shape index (κ3) is 4.81. The number of hydrogen-bond acceptors (Lipinski definition) is 4. The van der Waals surface area contributed by atoms with Gasteiger partial charge in [0.15, 0.2) is 5.82 Å². The van der Waals surface area contributed by atoms with E-state index in [4.69, 9.17) is 11.6 Å². The number of aryl methyl sites for hydroxylation is 1. The molecule has 1 aromatic heterocycles. The van der Waals surface area contributed by atoms with Gasteiger partial charge in [0.05, 0.1) is 34.4 Å². The molecular formula is C26H30ClFN6O2. The SMILES string of the molecule is Cc1ccc(Cl)c(C(=O)Nc2n[nH]c3c2CN(C(=O)NC(CN(C)C)c2ccccc2)C3(C)C)c1F. The van der Waals surface area contributed by atoms with Gasteiger partial charge in [0, 0.05) is 12.1 Å². The van der Waals surface area contributed by atoms with Crippen molar-refractivity contribution in [1.29, 1.82) is 0 Å². The zero-order valence-electron chi connectivity index (χ0n) is 20.9. The largest absolute Gasteiger partial charge is 0.330 e. The van der Waals surface area contributed by atoms with Crippen molar-refractivity contribution >= 4 is 29.4 Å². The number of halogens is 2. The summed E-state index contributed by atoms with van der Waals surface area (Å²) < 4.78 is 14.6. The third-order valence-electron chi connectivity index (χ3n) is 6.51. The molecule has 190 valence electrons. The molecule has 3 amide bonds. The van der Waals surface area contributed by atoms with Crippen molar-refractivity contribution < 1.29 is 14.0 Å². The summed E-state index contributed by atoms with van der Waals surface area (Å²) in [6.45, 7) is 6.22. The number of carbonyl (C=O) groups excluding carboxylic acids is 2. The van der Waals surface area contributed by atoms with Gasteiger partial charge in [-0.05, 0) is 52.1 Å². The highest BCUT2D eigenvalue weighted by Gasteiger charge is 2.44. The van der Waals surface area contributed by atoms with Crippen LogP contribution in [0, 0.1) is 12.7 Å². The molecule has 1 unspecified atom stereocenters. The number of H-pyrrole nitrogens is 1. The Morgan fingerprint density at radius 3 is 2.58 bits per heavy atom. The molecule has 0 spiro atoms. The number of rotatable bonds is 6. The molecule has 2 aromatic carbocycles. The lowest BCUT2D eigenvalue weighted by Gasteiger charge is -2.34. The molecule has 4 rings (SSSR count). The van der Waals surface area contributed by atoms with Crippen LogP contribution in [0.15, 0.2) is 42.5 Å². The number of aromatic amines is 1. The topological polar surface area (TPSA) is 93.4 Å². The smallest absolute Gasteiger partial charge is 0.319 e. The Bertz CT molecular complexity index is 1290. The number of fused-ring (bicyclic) bond motifs is 1. The summed E-state index contributed by atoms with van der Waals surface area (Å²) in [6, 6.07) is 12.3. The van der Waals surface area contributed by atoms with Crippen molar-refractivity contribution in [2.24, 2.45) is 0 Å². The minimum absolute atomic E-state index is 0.0111. The average molecular weight is 513 g/mol. The number of nitrogens with zero attached hydrogens (tertiary/aromatic N) is 3. The van der Waals surface area contributed by atoms with E-state index in [-0.39, 0.29) is 35.0 Å². The second-order valence-electron chi connectivity index (χ2n) is 9.75. The fourth-order valence-electron chi connectivity index (χ4n) is 4.49. The highest BCUT2D eigenvalue weighted by Crippen LogP contribution is 2.41. The predicted molar refractivity (Wildman–Crippen MR) is 138 cm³/mol. The number of amides is 3. The molecule has 0 radical (unpaired) electrons. The quantitative estimate of drug-likeness (QED) is 0.441. The van der Waals surface area contributed by atoms with Gasteiger partial charge in [-0.25, -0.2) is 9.18 Å². The Hall–Kier alpha value is -3.43. The first-order chi connectivity index (χ1) is 17.0. The molecule has 0 aliphatic carbocycles. The molecule has 1 aliphatic rings. The number of nitrogens with one attached hydrogen (secondary N) is 3. The van der Waals surface area contributed by atoms with Crippen LogP contribution < -0.4 is 10.6 Å². The first kappa shape index (κ1) is 25.7. The van der Waals surface area contributed by atoms with E-state index in [0.29, 0.717) is 23.4 Å². The van der Waals surface area contributed by atoms with Crippen LogP contribution in [0.3, 0.4) is 0 Å². The lowest BCUT2D eigenvalue weighted by atomic mass is 10.0. The molecule has 3 aromatic rings. The number of hydrogen-bond donors (Lipinski definition) is 3. The fourth-order valence-corrected chi connectivity index (χ4v) is 4.72. The average Bonchev–Trinajstić information content (AvgIpc) is 3.34. The highest BCUT2D eigenvalue weighted by molar-refractivity contribution is 6.34. The molecule has 2 heterocycles. The maximum Gasteiger partial charge on any atom is 0.319 e. The van der Waals surface area contributed by atoms with Crippen LogP contribution >= 0.6 is 11.6 Å². The maximum absolute atomic E-state index is 14.6. The van der Waals surface area contributed by atoms with Crippen LogP contribution in [0.4, 0.5) is 15.0 Å². The van der Waals surface area contributed by atoms with E-state index in [9.17, 15) is 14.0 Å². The van der Waals surface area contributed by atoms with Crippen molar-refractivity contribution in [3.05, 3.63) is 81.3 Å². The Kier molecular flexibility index (Phi) is 7.06.